The first-order valence-electron chi connectivity index (χ1n) is 7.76. The van der Waals surface area contributed by atoms with Gasteiger partial charge in [0.05, 0.1) is 17.6 Å². The molecule has 1 atom stereocenters. The standard InChI is InChI=1S/C16H22BrClN2O3/c1-10-6-12(18)7-14(17)15(10)23-9-13(21)8-20-4-2-11(3-5-20)16(19)22/h6-7,11,13,21H,2-5,8-9H2,1H3,(H2,19,22)/p+1/t13-/m0/s1. The second-order valence-electron chi connectivity index (χ2n) is 6.13. The van der Waals surface area contributed by atoms with E-state index in [0.29, 0.717) is 17.3 Å². The maximum Gasteiger partial charge on any atom is 0.220 e. The predicted octanol–water partition coefficient (Wildman–Crippen LogP) is 0.931. The lowest BCUT2D eigenvalue weighted by atomic mass is 9.96. The number of primary amides is 1. The summed E-state index contributed by atoms with van der Waals surface area (Å²) in [4.78, 5) is 12.4. The van der Waals surface area contributed by atoms with Crippen LogP contribution in [0.2, 0.25) is 5.02 Å². The first-order chi connectivity index (χ1) is 10.9. The molecule has 0 radical (unpaired) electrons. The van der Waals surface area contributed by atoms with E-state index in [0.717, 1.165) is 36.0 Å². The van der Waals surface area contributed by atoms with Crippen LogP contribution in [0.1, 0.15) is 18.4 Å². The largest absolute Gasteiger partial charge is 0.489 e. The quantitative estimate of drug-likeness (QED) is 0.658. The van der Waals surface area contributed by atoms with Crippen LogP contribution in [0.15, 0.2) is 16.6 Å². The third-order valence-corrected chi connectivity index (χ3v) is 5.04. The molecular weight excluding hydrogens is 384 g/mol. The van der Waals surface area contributed by atoms with Crippen LogP contribution in [-0.4, -0.2) is 43.4 Å². The Bertz CT molecular complexity index is 539. The fourth-order valence-electron chi connectivity index (χ4n) is 2.96. The summed E-state index contributed by atoms with van der Waals surface area (Å²) in [7, 11) is 0. The fourth-order valence-corrected chi connectivity index (χ4v) is 4.04. The number of carbonyl (C=O) groups is 1. The maximum atomic E-state index is 11.2. The van der Waals surface area contributed by atoms with Gasteiger partial charge < -0.3 is 20.5 Å². The summed E-state index contributed by atoms with van der Waals surface area (Å²) in [5, 5.41) is 10.8. The van der Waals surface area contributed by atoms with Gasteiger partial charge >= 0.3 is 0 Å². The zero-order valence-electron chi connectivity index (χ0n) is 13.1. The molecule has 5 nitrogen and oxygen atoms in total. The molecule has 23 heavy (non-hydrogen) atoms. The number of nitrogens with two attached hydrogens (primary N) is 1. The molecule has 1 amide bonds. The van der Waals surface area contributed by atoms with E-state index >= 15 is 0 Å². The zero-order chi connectivity index (χ0) is 17.0. The van der Waals surface area contributed by atoms with Crippen LogP contribution in [0, 0.1) is 12.8 Å². The van der Waals surface area contributed by atoms with E-state index in [9.17, 15) is 9.90 Å². The van der Waals surface area contributed by atoms with Crippen molar-refractivity contribution in [1.82, 2.24) is 0 Å². The number of piperidine rings is 1. The third kappa shape index (κ3) is 5.35. The summed E-state index contributed by atoms with van der Waals surface area (Å²) in [5.74, 6) is 0.478. The van der Waals surface area contributed by atoms with Crippen molar-refractivity contribution in [2.45, 2.75) is 25.9 Å². The minimum absolute atomic E-state index is 0.0141. The summed E-state index contributed by atoms with van der Waals surface area (Å²) in [6, 6.07) is 3.60. The molecule has 0 aliphatic carbocycles. The summed E-state index contributed by atoms with van der Waals surface area (Å²) in [6.07, 6.45) is 1.03. The Morgan fingerprint density at radius 1 is 1.52 bits per heavy atom. The molecule has 1 saturated heterocycles. The van der Waals surface area contributed by atoms with Gasteiger partial charge in [-0.15, -0.1) is 0 Å². The first kappa shape index (κ1) is 18.5. The predicted molar refractivity (Wildman–Crippen MR) is 92.9 cm³/mol. The van der Waals surface area contributed by atoms with Crippen LogP contribution in [0.3, 0.4) is 0 Å². The van der Waals surface area contributed by atoms with Gasteiger partial charge in [0.15, 0.2) is 0 Å². The van der Waals surface area contributed by atoms with Gasteiger partial charge in [-0.05, 0) is 40.5 Å². The van der Waals surface area contributed by atoms with Gasteiger partial charge in [0.2, 0.25) is 5.91 Å². The normalized spacial score (nSPS) is 22.6. The minimum Gasteiger partial charge on any atom is -0.489 e. The molecular formula is C16H23BrClN2O3+. The van der Waals surface area contributed by atoms with E-state index in [-0.39, 0.29) is 18.4 Å². The molecule has 1 aromatic rings. The van der Waals surface area contributed by atoms with Gasteiger partial charge in [-0.25, -0.2) is 0 Å². The average Bonchev–Trinajstić information content (AvgIpc) is 2.46. The number of aliphatic hydroxyl groups is 1. The van der Waals surface area contributed by atoms with Crippen LogP contribution in [0.5, 0.6) is 5.75 Å². The van der Waals surface area contributed by atoms with Crippen LogP contribution >= 0.6 is 27.5 Å². The molecule has 1 fully saturated rings. The smallest absolute Gasteiger partial charge is 0.220 e. The van der Waals surface area contributed by atoms with Crippen molar-refractivity contribution in [3.05, 3.63) is 27.2 Å². The number of rotatable bonds is 6. The number of aliphatic hydroxyl groups excluding tert-OH is 1. The number of carbonyl (C=O) groups excluding carboxylic acids is 1. The summed E-state index contributed by atoms with van der Waals surface area (Å²) >= 11 is 9.40. The van der Waals surface area contributed by atoms with Gasteiger partial charge in [-0.2, -0.15) is 0 Å². The highest BCUT2D eigenvalue weighted by Gasteiger charge is 2.27. The SMILES string of the molecule is Cc1cc(Cl)cc(Br)c1OC[C@@H](O)C[NH+]1CCC(C(N)=O)CC1. The number of amides is 1. The number of nitrogens with one attached hydrogen (secondary N) is 1. The van der Waals surface area contributed by atoms with E-state index in [1.807, 2.05) is 13.0 Å². The number of hydrogen-bond donors (Lipinski definition) is 3. The first-order valence-corrected chi connectivity index (χ1v) is 8.93. The third-order valence-electron chi connectivity index (χ3n) is 4.23. The highest BCUT2D eigenvalue weighted by Crippen LogP contribution is 2.32. The molecule has 1 aromatic carbocycles. The lowest BCUT2D eigenvalue weighted by Crippen LogP contribution is -3.14. The van der Waals surface area contributed by atoms with Crippen molar-refractivity contribution in [2.75, 3.05) is 26.2 Å². The van der Waals surface area contributed by atoms with Crippen molar-refractivity contribution >= 4 is 33.4 Å². The summed E-state index contributed by atoms with van der Waals surface area (Å²) in [6.45, 7) is 4.46. The van der Waals surface area contributed by atoms with Gasteiger partial charge in [-0.3, -0.25) is 4.79 Å². The lowest BCUT2D eigenvalue weighted by molar-refractivity contribution is -0.908. The number of likely N-dealkylation sites (tertiary alicyclic amines) is 1. The van der Waals surface area contributed by atoms with Gasteiger partial charge in [0.1, 0.15) is 25.0 Å². The molecule has 1 heterocycles. The van der Waals surface area contributed by atoms with Gasteiger partial charge in [0.25, 0.3) is 0 Å². The Hall–Kier alpha value is -0.820. The van der Waals surface area contributed by atoms with E-state index in [4.69, 9.17) is 22.1 Å². The van der Waals surface area contributed by atoms with Gasteiger partial charge in [-0.1, -0.05) is 11.6 Å². The molecule has 0 unspecified atom stereocenters. The number of hydrogen-bond acceptors (Lipinski definition) is 3. The van der Waals surface area contributed by atoms with Gasteiger partial charge in [0, 0.05) is 23.8 Å². The Kier molecular flexibility index (Phi) is 6.71. The van der Waals surface area contributed by atoms with E-state index in [2.05, 4.69) is 15.9 Å². The molecule has 2 rings (SSSR count). The van der Waals surface area contributed by atoms with Crippen molar-refractivity contribution in [2.24, 2.45) is 11.7 Å². The molecule has 1 aliphatic rings. The average molecular weight is 407 g/mol. The van der Waals surface area contributed by atoms with Crippen molar-refractivity contribution in [3.63, 3.8) is 0 Å². The van der Waals surface area contributed by atoms with Crippen LogP contribution in [0.25, 0.3) is 0 Å². The lowest BCUT2D eigenvalue weighted by Gasteiger charge is -2.29. The Balaban J connectivity index is 1.80. The second kappa shape index (κ2) is 8.33. The zero-order valence-corrected chi connectivity index (χ0v) is 15.5. The Morgan fingerprint density at radius 3 is 2.74 bits per heavy atom. The van der Waals surface area contributed by atoms with Crippen LogP contribution in [-0.2, 0) is 4.79 Å². The highest BCUT2D eigenvalue weighted by molar-refractivity contribution is 9.10. The van der Waals surface area contributed by atoms with Crippen molar-refractivity contribution < 1.29 is 19.5 Å². The molecule has 0 saturated carbocycles. The number of benzene rings is 1. The van der Waals surface area contributed by atoms with E-state index in [1.165, 1.54) is 4.90 Å². The molecule has 4 N–H and O–H groups in total. The number of halogens is 2. The topological polar surface area (TPSA) is 77.0 Å². The number of aryl methyl sites for hydroxylation is 1. The molecule has 0 bridgehead atoms. The van der Waals surface area contributed by atoms with Crippen LogP contribution < -0.4 is 15.4 Å². The number of quaternary nitrogens is 1. The van der Waals surface area contributed by atoms with E-state index < -0.39 is 6.10 Å². The Morgan fingerprint density at radius 2 is 2.17 bits per heavy atom. The summed E-state index contributed by atoms with van der Waals surface area (Å²) in [5.41, 5.74) is 6.26. The Labute approximate surface area is 149 Å². The fraction of sp³-hybridized carbons (Fsp3) is 0.562. The second-order valence-corrected chi connectivity index (χ2v) is 7.42. The van der Waals surface area contributed by atoms with Crippen LogP contribution in [0.4, 0.5) is 0 Å². The minimum atomic E-state index is -0.558. The molecule has 0 spiro atoms. The van der Waals surface area contributed by atoms with E-state index in [1.54, 1.807) is 6.07 Å². The van der Waals surface area contributed by atoms with Crippen molar-refractivity contribution in [3.8, 4) is 5.75 Å². The van der Waals surface area contributed by atoms with Crippen molar-refractivity contribution in [1.29, 1.82) is 0 Å². The summed E-state index contributed by atoms with van der Waals surface area (Å²) < 4.78 is 6.52. The monoisotopic (exact) mass is 405 g/mol. The number of ether oxygens (including phenoxy) is 1. The molecule has 7 heteroatoms. The molecule has 1 aliphatic heterocycles. The molecule has 128 valence electrons. The highest BCUT2D eigenvalue weighted by atomic mass is 79.9. The molecule has 0 aromatic heterocycles. The maximum absolute atomic E-state index is 11.2.